The third kappa shape index (κ3) is 4.02. The van der Waals surface area contributed by atoms with E-state index in [1.807, 2.05) is 0 Å². The van der Waals surface area contributed by atoms with Crippen molar-refractivity contribution in [2.45, 2.75) is 59.7 Å². The summed E-state index contributed by atoms with van der Waals surface area (Å²) >= 11 is 0. The van der Waals surface area contributed by atoms with Gasteiger partial charge in [0.25, 0.3) is 0 Å². The number of rotatable bonds is 10. The minimum Gasteiger partial charge on any atom is -0.478 e. The van der Waals surface area contributed by atoms with Crippen molar-refractivity contribution >= 4 is 5.97 Å². The molecule has 0 aliphatic rings. The Labute approximate surface area is 177 Å². The molecule has 0 aromatic rings. The average molecular weight is 572 g/mol. The normalized spacial score (nSPS) is 16.8. The third-order valence-corrected chi connectivity index (χ3v) is 4.04. The van der Waals surface area contributed by atoms with Crippen molar-refractivity contribution in [3.05, 3.63) is 12.2 Å². The molecule has 0 rings (SSSR count). The van der Waals surface area contributed by atoms with Crippen LogP contribution in [0.2, 0.25) is 0 Å². The number of alkyl halides is 20. The van der Waals surface area contributed by atoms with Crippen molar-refractivity contribution in [1.82, 2.24) is 0 Å². The quantitative estimate of drug-likeness (QED) is 0.237. The molecule has 0 amide bonds. The van der Waals surface area contributed by atoms with Gasteiger partial charge in [-0.15, -0.1) is 0 Å². The summed E-state index contributed by atoms with van der Waals surface area (Å²) in [6.45, 7) is 1.77. The SMILES string of the molecule is C=C(C(=O)O)C(F)C(F)(F)C(F)(F)C(F)(F)C(F)(F)C(F)(F)C(F)(F)C(F)(F)C(F)(F)C(F)(F)F. The number of hydrogen-bond donors (Lipinski definition) is 1. The first-order valence-corrected chi connectivity index (χ1v) is 7.42. The van der Waals surface area contributed by atoms with Gasteiger partial charge in [-0.05, 0) is 0 Å². The Bertz CT molecular complexity index is 836. The minimum absolute atomic E-state index is 1.77. The molecule has 0 aliphatic heterocycles. The number of aliphatic carboxylic acids is 1. The Kier molecular flexibility index (Phi) is 7.65. The van der Waals surface area contributed by atoms with Gasteiger partial charge in [0, 0.05) is 0 Å². The molecule has 208 valence electrons. The van der Waals surface area contributed by atoms with Crippen molar-refractivity contribution < 1.29 is 97.7 Å². The van der Waals surface area contributed by atoms with Gasteiger partial charge in [-0.25, -0.2) is 9.18 Å². The van der Waals surface area contributed by atoms with Gasteiger partial charge in [-0.1, -0.05) is 6.58 Å². The zero-order valence-corrected chi connectivity index (χ0v) is 15.2. The molecule has 0 bridgehead atoms. The van der Waals surface area contributed by atoms with Crippen LogP contribution in [0.1, 0.15) is 0 Å². The summed E-state index contributed by atoms with van der Waals surface area (Å²) in [6, 6.07) is 0. The summed E-state index contributed by atoms with van der Waals surface area (Å²) < 4.78 is 261. The number of carbonyl (C=O) groups is 1. The fourth-order valence-corrected chi connectivity index (χ4v) is 1.86. The summed E-state index contributed by atoms with van der Waals surface area (Å²) in [5.41, 5.74) is -2.86. The van der Waals surface area contributed by atoms with Gasteiger partial charge in [-0.3, -0.25) is 0 Å². The van der Waals surface area contributed by atoms with E-state index in [1.165, 1.54) is 0 Å². The lowest BCUT2D eigenvalue weighted by Crippen LogP contribution is -2.76. The molecule has 22 heteroatoms. The largest absolute Gasteiger partial charge is 0.478 e. The van der Waals surface area contributed by atoms with Crippen molar-refractivity contribution in [1.29, 1.82) is 0 Å². The van der Waals surface area contributed by atoms with Crippen molar-refractivity contribution in [2.24, 2.45) is 0 Å². The second-order valence-electron chi connectivity index (χ2n) is 6.33. The van der Waals surface area contributed by atoms with E-state index in [0.717, 1.165) is 0 Å². The third-order valence-electron chi connectivity index (χ3n) is 4.04. The van der Waals surface area contributed by atoms with E-state index in [1.54, 1.807) is 6.58 Å². The topological polar surface area (TPSA) is 37.3 Å². The molecule has 0 aromatic heterocycles. The molecular weight excluding hydrogens is 568 g/mol. The van der Waals surface area contributed by atoms with E-state index in [-0.39, 0.29) is 0 Å². The van der Waals surface area contributed by atoms with Crippen LogP contribution in [-0.4, -0.2) is 70.8 Å². The molecule has 2 nitrogen and oxygen atoms in total. The van der Waals surface area contributed by atoms with Crippen molar-refractivity contribution in [2.75, 3.05) is 0 Å². The summed E-state index contributed by atoms with van der Waals surface area (Å²) in [5.74, 6) is -72.6. The first-order chi connectivity index (χ1) is 14.8. The van der Waals surface area contributed by atoms with Gasteiger partial charge in [0.2, 0.25) is 6.17 Å². The van der Waals surface area contributed by atoms with Crippen LogP contribution in [0, 0.1) is 0 Å². The molecule has 1 N–H and O–H groups in total. The highest BCUT2D eigenvalue weighted by atomic mass is 19.4. The summed E-state index contributed by atoms with van der Waals surface area (Å²) in [7, 11) is 0. The molecule has 0 aromatic carbocycles. The number of halogens is 20. The smallest absolute Gasteiger partial charge is 0.460 e. The van der Waals surface area contributed by atoms with E-state index < -0.39 is 71.3 Å². The molecule has 0 fully saturated rings. The Hall–Kier alpha value is -2.19. The van der Waals surface area contributed by atoms with Crippen LogP contribution in [0.25, 0.3) is 0 Å². The average Bonchev–Trinajstić information content (AvgIpc) is 2.64. The predicted octanol–water partition coefficient (Wildman–Crippen LogP) is 6.61. The second-order valence-corrected chi connectivity index (χ2v) is 6.33. The Morgan fingerprint density at radius 1 is 0.514 bits per heavy atom. The number of carboxylic acids is 1. The molecule has 1 atom stereocenters. The van der Waals surface area contributed by atoms with Gasteiger partial charge < -0.3 is 5.11 Å². The van der Waals surface area contributed by atoms with Crippen molar-refractivity contribution in [3.63, 3.8) is 0 Å². The van der Waals surface area contributed by atoms with E-state index >= 15 is 0 Å². The lowest BCUT2D eigenvalue weighted by atomic mass is 9.86. The van der Waals surface area contributed by atoms with Crippen LogP contribution < -0.4 is 0 Å². The molecular formula is C13H4F20O2. The zero-order valence-electron chi connectivity index (χ0n) is 15.2. The van der Waals surface area contributed by atoms with Crippen LogP contribution in [0.4, 0.5) is 87.8 Å². The van der Waals surface area contributed by atoms with Gasteiger partial charge >= 0.3 is 59.5 Å². The monoisotopic (exact) mass is 572 g/mol. The van der Waals surface area contributed by atoms with Gasteiger partial charge in [-0.2, -0.15) is 83.4 Å². The zero-order chi connectivity index (χ0) is 29.2. The lowest BCUT2D eigenvalue weighted by Gasteiger charge is -2.44. The second kappa shape index (κ2) is 8.17. The summed E-state index contributed by atoms with van der Waals surface area (Å²) in [5, 5.41) is 8.09. The molecule has 0 saturated heterocycles. The molecule has 35 heavy (non-hydrogen) atoms. The molecule has 0 aliphatic carbocycles. The molecule has 0 radical (unpaired) electrons. The first-order valence-electron chi connectivity index (χ1n) is 7.42. The highest BCUT2D eigenvalue weighted by Crippen LogP contribution is 2.65. The summed E-state index contributed by atoms with van der Waals surface area (Å²) in [6.07, 6.45) is -13.4. The maximum atomic E-state index is 13.5. The van der Waals surface area contributed by atoms with Crippen LogP contribution in [0.5, 0.6) is 0 Å². The first kappa shape index (κ1) is 32.8. The fraction of sp³-hybridized carbons (Fsp3) is 0.769. The lowest BCUT2D eigenvalue weighted by molar-refractivity contribution is -0.469. The van der Waals surface area contributed by atoms with Crippen LogP contribution in [0.3, 0.4) is 0 Å². The van der Waals surface area contributed by atoms with E-state index in [9.17, 15) is 92.6 Å². The maximum absolute atomic E-state index is 13.5. The van der Waals surface area contributed by atoms with E-state index in [4.69, 9.17) is 5.11 Å². The predicted molar refractivity (Wildman–Crippen MR) is 67.3 cm³/mol. The molecule has 1 unspecified atom stereocenters. The summed E-state index contributed by atoms with van der Waals surface area (Å²) in [4.78, 5) is 10.2. The number of carboxylic acid groups (broad SMARTS) is 1. The van der Waals surface area contributed by atoms with E-state index in [2.05, 4.69) is 0 Å². The Morgan fingerprint density at radius 2 is 0.743 bits per heavy atom. The Balaban J connectivity index is 7.02. The number of hydrogen-bond acceptors (Lipinski definition) is 1. The molecule has 0 heterocycles. The minimum atomic E-state index is -9.14. The molecule has 0 spiro atoms. The van der Waals surface area contributed by atoms with Gasteiger partial charge in [0.05, 0.1) is 5.57 Å². The maximum Gasteiger partial charge on any atom is 0.460 e. The van der Waals surface area contributed by atoms with E-state index in [0.29, 0.717) is 0 Å². The fourth-order valence-electron chi connectivity index (χ4n) is 1.86. The van der Waals surface area contributed by atoms with Crippen molar-refractivity contribution in [3.8, 4) is 0 Å². The van der Waals surface area contributed by atoms with Gasteiger partial charge in [0.1, 0.15) is 0 Å². The standard InChI is InChI=1S/C13H4F20O2/c1-2(4(34)35)3(14)5(15,16)6(17,18)7(19,20)8(21,22)9(23,24)10(25,26)11(27,28)12(29,30)13(31,32)33/h3H,1H2,(H,34,35). The van der Waals surface area contributed by atoms with Crippen LogP contribution >= 0.6 is 0 Å². The van der Waals surface area contributed by atoms with Crippen LogP contribution in [0.15, 0.2) is 12.2 Å². The van der Waals surface area contributed by atoms with Gasteiger partial charge in [0.15, 0.2) is 0 Å². The molecule has 0 saturated carbocycles. The highest BCUT2D eigenvalue weighted by Gasteiger charge is 2.97. The Morgan fingerprint density at radius 3 is 0.971 bits per heavy atom. The highest BCUT2D eigenvalue weighted by molar-refractivity contribution is 5.87. The van der Waals surface area contributed by atoms with Crippen LogP contribution in [-0.2, 0) is 4.79 Å².